The smallest absolute Gasteiger partial charge is 0.139 e. The van der Waals surface area contributed by atoms with Gasteiger partial charge in [-0.1, -0.05) is 0 Å². The number of aromatic nitrogens is 2. The van der Waals surface area contributed by atoms with E-state index in [0.29, 0.717) is 0 Å². The van der Waals surface area contributed by atoms with Gasteiger partial charge in [-0.3, -0.25) is 9.30 Å². The van der Waals surface area contributed by atoms with Crippen LogP contribution in [0.3, 0.4) is 0 Å². The molecule has 1 aliphatic rings. The molecule has 1 aliphatic heterocycles. The summed E-state index contributed by atoms with van der Waals surface area (Å²) in [6, 6.07) is 11.0. The summed E-state index contributed by atoms with van der Waals surface area (Å²) < 4.78 is 20.9. The van der Waals surface area contributed by atoms with Crippen molar-refractivity contribution in [3.05, 3.63) is 54.1 Å². The molecule has 0 unspecified atom stereocenters. The molecular formula is C19H21FN4O. The molecule has 0 bridgehead atoms. The van der Waals surface area contributed by atoms with Crippen LogP contribution in [0, 0.1) is 5.82 Å². The maximum Gasteiger partial charge on any atom is 0.139 e. The van der Waals surface area contributed by atoms with Crippen molar-refractivity contribution >= 4 is 5.65 Å². The first-order valence-electron chi connectivity index (χ1n) is 8.48. The summed E-state index contributed by atoms with van der Waals surface area (Å²) in [5.74, 6) is 0.551. The number of halogens is 1. The number of methoxy groups -OCH3 is 1. The molecule has 0 radical (unpaired) electrons. The fraction of sp³-hybridized carbons (Fsp3) is 0.316. The fourth-order valence-electron chi connectivity index (χ4n) is 3.28. The number of ether oxygens (including phenoxy) is 1. The zero-order valence-corrected chi connectivity index (χ0v) is 14.2. The quantitative estimate of drug-likeness (QED) is 0.793. The van der Waals surface area contributed by atoms with E-state index in [1.54, 1.807) is 13.2 Å². The average molecular weight is 340 g/mol. The maximum atomic E-state index is 13.8. The fourth-order valence-corrected chi connectivity index (χ4v) is 3.28. The molecule has 4 rings (SSSR count). The van der Waals surface area contributed by atoms with Crippen molar-refractivity contribution in [2.24, 2.45) is 0 Å². The monoisotopic (exact) mass is 340 g/mol. The molecule has 6 heteroatoms. The number of benzene rings is 1. The van der Waals surface area contributed by atoms with Gasteiger partial charge in [-0.05, 0) is 36.4 Å². The topological polar surface area (TPSA) is 41.8 Å². The van der Waals surface area contributed by atoms with Gasteiger partial charge in [0.05, 0.1) is 18.5 Å². The van der Waals surface area contributed by atoms with Gasteiger partial charge in [-0.15, -0.1) is 0 Å². The van der Waals surface area contributed by atoms with Crippen LogP contribution in [0.1, 0.15) is 5.69 Å². The molecule has 1 N–H and O–H groups in total. The summed E-state index contributed by atoms with van der Waals surface area (Å²) in [5.41, 5.74) is 3.68. The van der Waals surface area contributed by atoms with Crippen molar-refractivity contribution in [2.45, 2.75) is 6.54 Å². The largest absolute Gasteiger partial charge is 0.497 e. The summed E-state index contributed by atoms with van der Waals surface area (Å²) in [4.78, 5) is 7.13. The highest BCUT2D eigenvalue weighted by Gasteiger charge is 2.19. The number of nitrogens with one attached hydrogen (secondary N) is 1. The normalized spacial score (nSPS) is 15.6. The van der Waals surface area contributed by atoms with Gasteiger partial charge in [-0.25, -0.2) is 9.37 Å². The molecule has 3 aromatic rings. The van der Waals surface area contributed by atoms with E-state index in [-0.39, 0.29) is 5.82 Å². The molecule has 0 atom stereocenters. The first-order valence-corrected chi connectivity index (χ1v) is 8.48. The number of nitrogens with zero attached hydrogens (tertiary/aromatic N) is 3. The van der Waals surface area contributed by atoms with Gasteiger partial charge >= 0.3 is 0 Å². The molecule has 1 fully saturated rings. The number of pyridine rings is 1. The van der Waals surface area contributed by atoms with Gasteiger partial charge in [0.15, 0.2) is 0 Å². The van der Waals surface area contributed by atoms with E-state index in [1.807, 2.05) is 28.7 Å². The van der Waals surface area contributed by atoms with Crippen molar-refractivity contribution in [2.75, 3.05) is 33.3 Å². The number of imidazole rings is 1. The Labute approximate surface area is 146 Å². The Morgan fingerprint density at radius 1 is 1.12 bits per heavy atom. The SMILES string of the molecule is COc1ccc(-c2nc3ccc(F)cn3c2CN2CCNCC2)cc1. The summed E-state index contributed by atoms with van der Waals surface area (Å²) in [6.07, 6.45) is 1.52. The molecule has 0 saturated carbocycles. The van der Waals surface area contributed by atoms with E-state index >= 15 is 0 Å². The first kappa shape index (κ1) is 16.1. The van der Waals surface area contributed by atoms with E-state index in [1.165, 1.54) is 12.3 Å². The lowest BCUT2D eigenvalue weighted by Gasteiger charge is -2.27. The molecule has 3 heterocycles. The molecular weight excluding hydrogens is 319 g/mol. The van der Waals surface area contributed by atoms with Crippen LogP contribution in [0.2, 0.25) is 0 Å². The Bertz CT molecular complexity index is 869. The summed E-state index contributed by atoms with van der Waals surface area (Å²) in [7, 11) is 1.65. The second kappa shape index (κ2) is 6.82. The maximum absolute atomic E-state index is 13.8. The lowest BCUT2D eigenvalue weighted by Crippen LogP contribution is -2.43. The molecule has 1 aromatic carbocycles. The standard InChI is InChI=1S/C19H21FN4O/c1-25-16-5-2-14(3-6-16)19-17(13-23-10-8-21-9-11-23)24-12-15(20)4-7-18(24)22-19/h2-7,12,21H,8-11,13H2,1H3. The van der Waals surface area contributed by atoms with Crippen LogP contribution in [-0.2, 0) is 6.54 Å². The molecule has 1 saturated heterocycles. The van der Waals surface area contributed by atoms with Crippen molar-refractivity contribution in [1.82, 2.24) is 19.6 Å². The van der Waals surface area contributed by atoms with Crippen LogP contribution in [0.25, 0.3) is 16.9 Å². The Balaban J connectivity index is 1.79. The third-order valence-corrected chi connectivity index (χ3v) is 4.63. The molecule has 5 nitrogen and oxygen atoms in total. The predicted octanol–water partition coefficient (Wildman–Crippen LogP) is 2.55. The Morgan fingerprint density at radius 2 is 1.88 bits per heavy atom. The third-order valence-electron chi connectivity index (χ3n) is 4.63. The van der Waals surface area contributed by atoms with Crippen molar-refractivity contribution < 1.29 is 9.13 Å². The van der Waals surface area contributed by atoms with Gasteiger partial charge in [-0.2, -0.15) is 0 Å². The van der Waals surface area contributed by atoms with Gasteiger partial charge < -0.3 is 10.1 Å². The molecule has 2 aromatic heterocycles. The van der Waals surface area contributed by atoms with Crippen LogP contribution in [0.4, 0.5) is 4.39 Å². The number of fused-ring (bicyclic) bond motifs is 1. The minimum Gasteiger partial charge on any atom is -0.497 e. The molecule has 0 spiro atoms. The van der Waals surface area contributed by atoms with Crippen molar-refractivity contribution in [3.8, 4) is 17.0 Å². The highest BCUT2D eigenvalue weighted by atomic mass is 19.1. The Kier molecular flexibility index (Phi) is 4.38. The first-order chi connectivity index (χ1) is 12.2. The number of rotatable bonds is 4. The lowest BCUT2D eigenvalue weighted by molar-refractivity contribution is 0.230. The average Bonchev–Trinajstić information content (AvgIpc) is 3.00. The van der Waals surface area contributed by atoms with Crippen LogP contribution >= 0.6 is 0 Å². The summed E-state index contributed by atoms with van der Waals surface area (Å²) in [5, 5.41) is 3.36. The summed E-state index contributed by atoms with van der Waals surface area (Å²) in [6.45, 7) is 4.65. The zero-order valence-electron chi connectivity index (χ0n) is 14.2. The van der Waals surface area contributed by atoms with Crippen LogP contribution in [0.5, 0.6) is 5.75 Å². The minimum atomic E-state index is -0.257. The number of hydrogen-bond donors (Lipinski definition) is 1. The van der Waals surface area contributed by atoms with E-state index in [4.69, 9.17) is 9.72 Å². The van der Waals surface area contributed by atoms with E-state index < -0.39 is 0 Å². The highest BCUT2D eigenvalue weighted by molar-refractivity contribution is 5.67. The predicted molar refractivity (Wildman–Crippen MR) is 95.3 cm³/mol. The lowest BCUT2D eigenvalue weighted by atomic mass is 10.1. The second-order valence-corrected chi connectivity index (χ2v) is 6.24. The number of piperazine rings is 1. The van der Waals surface area contributed by atoms with E-state index in [0.717, 1.165) is 61.1 Å². The Hall–Kier alpha value is -2.44. The van der Waals surface area contributed by atoms with E-state index in [9.17, 15) is 4.39 Å². The Morgan fingerprint density at radius 3 is 2.60 bits per heavy atom. The molecule has 25 heavy (non-hydrogen) atoms. The third kappa shape index (κ3) is 3.23. The van der Waals surface area contributed by atoms with Gasteiger partial charge in [0.2, 0.25) is 0 Å². The van der Waals surface area contributed by atoms with Gasteiger partial charge in [0, 0.05) is 44.5 Å². The number of hydrogen-bond acceptors (Lipinski definition) is 4. The highest BCUT2D eigenvalue weighted by Crippen LogP contribution is 2.27. The second-order valence-electron chi connectivity index (χ2n) is 6.24. The molecule has 0 amide bonds. The van der Waals surface area contributed by atoms with E-state index in [2.05, 4.69) is 10.2 Å². The van der Waals surface area contributed by atoms with Crippen molar-refractivity contribution in [1.29, 1.82) is 0 Å². The summed E-state index contributed by atoms with van der Waals surface area (Å²) >= 11 is 0. The molecule has 0 aliphatic carbocycles. The van der Waals surface area contributed by atoms with Gasteiger partial charge in [0.25, 0.3) is 0 Å². The van der Waals surface area contributed by atoms with Gasteiger partial charge in [0.1, 0.15) is 17.2 Å². The zero-order chi connectivity index (χ0) is 17.2. The van der Waals surface area contributed by atoms with Crippen LogP contribution in [0.15, 0.2) is 42.6 Å². The van der Waals surface area contributed by atoms with Crippen LogP contribution in [-0.4, -0.2) is 47.6 Å². The van der Waals surface area contributed by atoms with Crippen LogP contribution < -0.4 is 10.1 Å². The minimum absolute atomic E-state index is 0.257. The molecule has 130 valence electrons. The van der Waals surface area contributed by atoms with Crippen molar-refractivity contribution in [3.63, 3.8) is 0 Å².